The molecule has 0 heterocycles. The average molecular weight is 238 g/mol. The minimum atomic E-state index is -0.298. The number of rotatable bonds is 3. The molecule has 0 spiro atoms. The number of hydrogen-bond acceptors (Lipinski definition) is 2. The fraction of sp³-hybridized carbons (Fsp3) is 0.462. The molecular formula is C13H19FN2O. The third-order valence-electron chi connectivity index (χ3n) is 2.24. The molecule has 0 fully saturated rings. The van der Waals surface area contributed by atoms with Gasteiger partial charge >= 0.3 is 0 Å². The average Bonchev–Trinajstić information content (AvgIpc) is 2.18. The number of nitrogens with one attached hydrogen (secondary N) is 2. The number of halogens is 1. The zero-order valence-corrected chi connectivity index (χ0v) is 10.7. The summed E-state index contributed by atoms with van der Waals surface area (Å²) in [7, 11) is 0. The SMILES string of the molecule is Cc1cc(F)ccc1NC(=O)CNC(C)(C)C. The number of anilines is 1. The van der Waals surface area contributed by atoms with Crippen molar-refractivity contribution in [1.82, 2.24) is 5.32 Å². The Bertz CT molecular complexity index is 410. The van der Waals surface area contributed by atoms with Crippen molar-refractivity contribution in [1.29, 1.82) is 0 Å². The number of aryl methyl sites for hydroxylation is 1. The first-order valence-electron chi connectivity index (χ1n) is 5.59. The van der Waals surface area contributed by atoms with Gasteiger partial charge in [-0.15, -0.1) is 0 Å². The second-order valence-corrected chi connectivity index (χ2v) is 5.11. The quantitative estimate of drug-likeness (QED) is 0.849. The third-order valence-corrected chi connectivity index (χ3v) is 2.24. The molecule has 1 amide bonds. The van der Waals surface area contributed by atoms with E-state index in [0.717, 1.165) is 0 Å². The molecule has 0 aliphatic carbocycles. The van der Waals surface area contributed by atoms with Crippen molar-refractivity contribution in [3.63, 3.8) is 0 Å². The van der Waals surface area contributed by atoms with Crippen LogP contribution in [0.1, 0.15) is 26.3 Å². The van der Waals surface area contributed by atoms with Crippen LogP contribution in [-0.2, 0) is 4.79 Å². The predicted molar refractivity (Wildman–Crippen MR) is 67.5 cm³/mol. The molecule has 1 aromatic carbocycles. The molecule has 0 saturated heterocycles. The number of amides is 1. The fourth-order valence-corrected chi connectivity index (χ4v) is 1.31. The maximum absolute atomic E-state index is 12.9. The monoisotopic (exact) mass is 238 g/mol. The lowest BCUT2D eigenvalue weighted by molar-refractivity contribution is -0.115. The maximum atomic E-state index is 12.9. The van der Waals surface area contributed by atoms with Crippen LogP contribution in [0, 0.1) is 12.7 Å². The lowest BCUT2D eigenvalue weighted by atomic mass is 10.1. The highest BCUT2D eigenvalue weighted by molar-refractivity contribution is 5.92. The van der Waals surface area contributed by atoms with E-state index in [1.165, 1.54) is 12.1 Å². The van der Waals surface area contributed by atoms with E-state index in [4.69, 9.17) is 0 Å². The molecule has 0 radical (unpaired) electrons. The van der Waals surface area contributed by atoms with Crippen LogP contribution < -0.4 is 10.6 Å². The van der Waals surface area contributed by atoms with Gasteiger partial charge in [-0.3, -0.25) is 4.79 Å². The molecule has 0 bridgehead atoms. The van der Waals surface area contributed by atoms with Gasteiger partial charge in [-0.25, -0.2) is 4.39 Å². The van der Waals surface area contributed by atoms with Crippen molar-refractivity contribution >= 4 is 11.6 Å². The smallest absolute Gasteiger partial charge is 0.238 e. The van der Waals surface area contributed by atoms with Crippen molar-refractivity contribution in [3.05, 3.63) is 29.6 Å². The second-order valence-electron chi connectivity index (χ2n) is 5.11. The summed E-state index contributed by atoms with van der Waals surface area (Å²) in [6.07, 6.45) is 0. The van der Waals surface area contributed by atoms with Crippen LogP contribution in [0.2, 0.25) is 0 Å². The van der Waals surface area contributed by atoms with Gasteiger partial charge in [0.1, 0.15) is 5.82 Å². The molecule has 4 heteroatoms. The highest BCUT2D eigenvalue weighted by Gasteiger charge is 2.11. The Labute approximate surface area is 101 Å². The summed E-state index contributed by atoms with van der Waals surface area (Å²) < 4.78 is 12.9. The van der Waals surface area contributed by atoms with Gasteiger partial charge in [0.15, 0.2) is 0 Å². The maximum Gasteiger partial charge on any atom is 0.238 e. The lowest BCUT2D eigenvalue weighted by Crippen LogP contribution is -2.41. The molecule has 0 saturated carbocycles. The highest BCUT2D eigenvalue weighted by Crippen LogP contribution is 2.15. The Morgan fingerprint density at radius 1 is 1.35 bits per heavy atom. The lowest BCUT2D eigenvalue weighted by Gasteiger charge is -2.20. The van der Waals surface area contributed by atoms with Gasteiger partial charge < -0.3 is 10.6 Å². The van der Waals surface area contributed by atoms with Crippen LogP contribution in [0.4, 0.5) is 10.1 Å². The number of carbonyl (C=O) groups excluding carboxylic acids is 1. The van der Waals surface area contributed by atoms with E-state index in [9.17, 15) is 9.18 Å². The standard InChI is InChI=1S/C13H19FN2O/c1-9-7-10(14)5-6-11(9)16-12(17)8-15-13(2,3)4/h5-7,15H,8H2,1-4H3,(H,16,17). The summed E-state index contributed by atoms with van der Waals surface area (Å²) in [4.78, 5) is 11.6. The summed E-state index contributed by atoms with van der Waals surface area (Å²) in [6.45, 7) is 7.96. The molecule has 3 nitrogen and oxygen atoms in total. The first kappa shape index (κ1) is 13.6. The largest absolute Gasteiger partial charge is 0.325 e. The topological polar surface area (TPSA) is 41.1 Å². The first-order chi connectivity index (χ1) is 7.78. The minimum absolute atomic E-state index is 0.102. The van der Waals surface area contributed by atoms with Crippen LogP contribution in [0.5, 0.6) is 0 Å². The zero-order valence-electron chi connectivity index (χ0n) is 10.7. The van der Waals surface area contributed by atoms with Crippen LogP contribution in [0.15, 0.2) is 18.2 Å². The van der Waals surface area contributed by atoms with Crippen LogP contribution in [-0.4, -0.2) is 18.0 Å². The van der Waals surface area contributed by atoms with Crippen LogP contribution in [0.25, 0.3) is 0 Å². The Morgan fingerprint density at radius 3 is 2.53 bits per heavy atom. The normalized spacial score (nSPS) is 11.4. The minimum Gasteiger partial charge on any atom is -0.325 e. The number of hydrogen-bond donors (Lipinski definition) is 2. The molecule has 1 rings (SSSR count). The third kappa shape index (κ3) is 4.95. The molecule has 17 heavy (non-hydrogen) atoms. The van der Waals surface area contributed by atoms with Crippen molar-refractivity contribution in [2.24, 2.45) is 0 Å². The van der Waals surface area contributed by atoms with Gasteiger partial charge in [-0.2, -0.15) is 0 Å². The zero-order chi connectivity index (χ0) is 13.1. The van der Waals surface area contributed by atoms with Gasteiger partial charge in [0.2, 0.25) is 5.91 Å². The van der Waals surface area contributed by atoms with Crippen LogP contribution >= 0.6 is 0 Å². The fourth-order valence-electron chi connectivity index (χ4n) is 1.31. The van der Waals surface area contributed by atoms with E-state index in [1.54, 1.807) is 13.0 Å². The van der Waals surface area contributed by atoms with Crippen molar-refractivity contribution in [3.8, 4) is 0 Å². The summed E-state index contributed by atoms with van der Waals surface area (Å²) in [5.74, 6) is -0.428. The molecular weight excluding hydrogens is 219 g/mol. The summed E-state index contributed by atoms with van der Waals surface area (Å²) >= 11 is 0. The first-order valence-corrected chi connectivity index (χ1v) is 5.59. The van der Waals surface area contributed by atoms with Gasteiger partial charge in [-0.05, 0) is 51.5 Å². The van der Waals surface area contributed by atoms with Crippen molar-refractivity contribution < 1.29 is 9.18 Å². The van der Waals surface area contributed by atoms with E-state index in [1.807, 2.05) is 20.8 Å². The second kappa shape index (κ2) is 5.27. The van der Waals surface area contributed by atoms with Gasteiger partial charge in [0, 0.05) is 11.2 Å². The number of benzene rings is 1. The summed E-state index contributed by atoms with van der Waals surface area (Å²) in [5.41, 5.74) is 1.26. The molecule has 94 valence electrons. The Hall–Kier alpha value is -1.42. The van der Waals surface area contributed by atoms with E-state index < -0.39 is 0 Å². The van der Waals surface area contributed by atoms with E-state index in [2.05, 4.69) is 10.6 Å². The van der Waals surface area contributed by atoms with E-state index in [0.29, 0.717) is 11.3 Å². The van der Waals surface area contributed by atoms with Crippen molar-refractivity contribution in [2.45, 2.75) is 33.2 Å². The molecule has 0 atom stereocenters. The summed E-state index contributed by atoms with van der Waals surface area (Å²) in [6, 6.07) is 4.30. The highest BCUT2D eigenvalue weighted by atomic mass is 19.1. The summed E-state index contributed by atoms with van der Waals surface area (Å²) in [5, 5.41) is 5.83. The molecule has 0 aliphatic heterocycles. The molecule has 0 aromatic heterocycles. The van der Waals surface area contributed by atoms with Crippen LogP contribution in [0.3, 0.4) is 0 Å². The van der Waals surface area contributed by atoms with E-state index in [-0.39, 0.29) is 23.8 Å². The Kier molecular flexibility index (Phi) is 4.23. The molecule has 0 aliphatic rings. The molecule has 0 unspecified atom stereocenters. The van der Waals surface area contributed by atoms with Gasteiger partial charge in [0.25, 0.3) is 0 Å². The van der Waals surface area contributed by atoms with Gasteiger partial charge in [-0.1, -0.05) is 0 Å². The number of carbonyl (C=O) groups is 1. The molecule has 1 aromatic rings. The molecule has 2 N–H and O–H groups in total. The Morgan fingerprint density at radius 2 is 2.00 bits per heavy atom. The predicted octanol–water partition coefficient (Wildman–Crippen LogP) is 2.46. The van der Waals surface area contributed by atoms with Gasteiger partial charge in [0.05, 0.1) is 6.54 Å². The Balaban J connectivity index is 2.57. The van der Waals surface area contributed by atoms with E-state index >= 15 is 0 Å². The van der Waals surface area contributed by atoms with Crippen molar-refractivity contribution in [2.75, 3.05) is 11.9 Å².